The third kappa shape index (κ3) is 2.15. The van der Waals surface area contributed by atoms with Crippen molar-refractivity contribution in [3.8, 4) is 0 Å². The lowest BCUT2D eigenvalue weighted by Crippen LogP contribution is -2.13. The van der Waals surface area contributed by atoms with Crippen LogP contribution in [0.3, 0.4) is 0 Å². The Kier molecular flexibility index (Phi) is 2.88. The molecule has 0 unspecified atom stereocenters. The Morgan fingerprint density at radius 2 is 2.16 bits per heavy atom. The summed E-state index contributed by atoms with van der Waals surface area (Å²) >= 11 is 1.06. The van der Waals surface area contributed by atoms with E-state index in [9.17, 15) is 9.18 Å². The molecular weight excluding hydrogens is 267 g/mol. The van der Waals surface area contributed by atoms with E-state index in [2.05, 4.69) is 19.0 Å². The van der Waals surface area contributed by atoms with Crippen molar-refractivity contribution < 1.29 is 9.18 Å². The first-order chi connectivity index (χ1) is 9.25. The fraction of sp³-hybridized carbons (Fsp3) is 0. The van der Waals surface area contributed by atoms with Crippen molar-refractivity contribution in [1.29, 1.82) is 0 Å². The first-order valence-electron chi connectivity index (χ1n) is 5.38. The number of halogens is 1. The normalized spacial score (nSPS) is 11.8. The summed E-state index contributed by atoms with van der Waals surface area (Å²) in [5.41, 5.74) is 1.73. The quantitative estimate of drug-likeness (QED) is 0.779. The molecule has 0 atom stereocenters. The van der Waals surface area contributed by atoms with Crippen LogP contribution in [0.15, 0.2) is 45.4 Å². The monoisotopic (exact) mass is 274 g/mol. The van der Waals surface area contributed by atoms with Crippen molar-refractivity contribution in [1.82, 2.24) is 4.98 Å². The van der Waals surface area contributed by atoms with Gasteiger partial charge in [-0.05, 0) is 18.2 Å². The average Bonchev–Trinajstić information content (AvgIpc) is 2.88. The van der Waals surface area contributed by atoms with Gasteiger partial charge in [-0.1, -0.05) is 6.07 Å². The molecule has 0 bridgehead atoms. The van der Waals surface area contributed by atoms with Crippen molar-refractivity contribution in [2.24, 2.45) is 8.73 Å². The second-order valence-electron chi connectivity index (χ2n) is 3.75. The summed E-state index contributed by atoms with van der Waals surface area (Å²) in [5.74, 6) is -1.20. The molecule has 0 saturated heterocycles. The Morgan fingerprint density at radius 1 is 1.26 bits per heavy atom. The van der Waals surface area contributed by atoms with Gasteiger partial charge >= 0.3 is 0 Å². The molecule has 94 valence electrons. The van der Waals surface area contributed by atoms with Crippen LogP contribution in [0.4, 0.5) is 21.5 Å². The Balaban J connectivity index is 1.91. The van der Waals surface area contributed by atoms with Gasteiger partial charge in [-0.3, -0.25) is 9.78 Å². The lowest BCUT2D eigenvalue weighted by Gasteiger charge is -2.07. The van der Waals surface area contributed by atoms with Gasteiger partial charge < -0.3 is 5.32 Å². The number of fused-ring (bicyclic) bond motifs is 1. The van der Waals surface area contributed by atoms with E-state index in [0.29, 0.717) is 17.1 Å². The first kappa shape index (κ1) is 11.7. The van der Waals surface area contributed by atoms with Gasteiger partial charge in [0, 0.05) is 6.20 Å². The van der Waals surface area contributed by atoms with E-state index in [4.69, 9.17) is 0 Å². The summed E-state index contributed by atoms with van der Waals surface area (Å²) in [6.45, 7) is 0. The van der Waals surface area contributed by atoms with Crippen LogP contribution in [0.5, 0.6) is 0 Å². The molecule has 5 nitrogen and oxygen atoms in total. The van der Waals surface area contributed by atoms with E-state index in [1.54, 1.807) is 18.2 Å². The Labute approximate surface area is 111 Å². The molecule has 7 heteroatoms. The van der Waals surface area contributed by atoms with Gasteiger partial charge in [0.25, 0.3) is 5.91 Å². The topological polar surface area (TPSA) is 66.7 Å². The van der Waals surface area contributed by atoms with Gasteiger partial charge in [-0.15, -0.1) is 0 Å². The summed E-state index contributed by atoms with van der Waals surface area (Å²) < 4.78 is 21.6. The predicted octanol–water partition coefficient (Wildman–Crippen LogP) is 3.20. The second-order valence-corrected chi connectivity index (χ2v) is 4.28. The van der Waals surface area contributed by atoms with E-state index >= 15 is 0 Å². The summed E-state index contributed by atoms with van der Waals surface area (Å²) in [7, 11) is 0. The van der Waals surface area contributed by atoms with E-state index < -0.39 is 11.7 Å². The van der Waals surface area contributed by atoms with Gasteiger partial charge in [0.15, 0.2) is 5.82 Å². The predicted molar refractivity (Wildman–Crippen MR) is 70.1 cm³/mol. The molecule has 1 amide bonds. The van der Waals surface area contributed by atoms with Crippen molar-refractivity contribution in [2.75, 3.05) is 5.32 Å². The van der Waals surface area contributed by atoms with Crippen molar-refractivity contribution in [3.05, 3.63) is 48.0 Å². The van der Waals surface area contributed by atoms with Gasteiger partial charge in [0.1, 0.15) is 11.4 Å². The number of nitrogens with one attached hydrogen (secondary N) is 1. The zero-order valence-corrected chi connectivity index (χ0v) is 10.3. The van der Waals surface area contributed by atoms with Gasteiger partial charge in [0.2, 0.25) is 0 Å². The number of carbonyl (C=O) groups excluding carboxylic acids is 1. The molecule has 19 heavy (non-hydrogen) atoms. The third-order valence-corrected chi connectivity index (χ3v) is 3.09. The number of hydrogen-bond donors (Lipinski definition) is 1. The minimum Gasteiger partial charge on any atom is -0.320 e. The molecule has 0 fully saturated rings. The average molecular weight is 274 g/mol. The molecule has 1 N–H and O–H groups in total. The zero-order chi connectivity index (χ0) is 13.2. The molecule has 1 aliphatic heterocycles. The van der Waals surface area contributed by atoms with Gasteiger partial charge in [0.05, 0.1) is 28.8 Å². The Hall–Kier alpha value is -2.41. The van der Waals surface area contributed by atoms with Crippen LogP contribution in [0.2, 0.25) is 0 Å². The highest BCUT2D eigenvalue weighted by Gasteiger charge is 2.16. The molecular formula is C12H7FN4OS. The van der Waals surface area contributed by atoms with Crippen LogP contribution in [0.25, 0.3) is 0 Å². The van der Waals surface area contributed by atoms with Crippen LogP contribution >= 0.6 is 0 Å². The summed E-state index contributed by atoms with van der Waals surface area (Å²) in [6, 6.07) is 6.56. The minimum absolute atomic E-state index is 0.0600. The molecule has 2 heterocycles. The minimum atomic E-state index is -0.663. The smallest absolute Gasteiger partial charge is 0.258 e. The molecule has 1 aromatic carbocycles. The number of benzene rings is 1. The SMILES string of the molecule is O=C(Nc1cccc2c1N=S=N2)c1ccncc1F. The zero-order valence-electron chi connectivity index (χ0n) is 9.50. The van der Waals surface area contributed by atoms with E-state index in [1.165, 1.54) is 12.3 Å². The van der Waals surface area contributed by atoms with Crippen molar-refractivity contribution in [3.63, 3.8) is 0 Å². The first-order valence-corrected chi connectivity index (χ1v) is 6.11. The van der Waals surface area contributed by atoms with E-state index in [-0.39, 0.29) is 5.56 Å². The van der Waals surface area contributed by atoms with Crippen LogP contribution in [-0.2, 0) is 11.4 Å². The molecule has 0 aliphatic carbocycles. The summed E-state index contributed by atoms with van der Waals surface area (Å²) in [4.78, 5) is 15.6. The van der Waals surface area contributed by atoms with Crippen LogP contribution in [0.1, 0.15) is 10.4 Å². The van der Waals surface area contributed by atoms with Crippen molar-refractivity contribution in [2.45, 2.75) is 0 Å². The molecule has 1 aromatic heterocycles. The Bertz CT molecular complexity index is 740. The highest BCUT2D eigenvalue weighted by Crippen LogP contribution is 2.38. The molecule has 0 saturated carbocycles. The second kappa shape index (κ2) is 4.69. The fourth-order valence-corrected chi connectivity index (χ4v) is 2.21. The van der Waals surface area contributed by atoms with Crippen LogP contribution < -0.4 is 5.32 Å². The molecule has 3 rings (SSSR count). The lowest BCUT2D eigenvalue weighted by atomic mass is 10.2. The highest BCUT2D eigenvalue weighted by atomic mass is 32.1. The van der Waals surface area contributed by atoms with Crippen LogP contribution in [0, 0.1) is 5.82 Å². The number of amides is 1. The number of pyridine rings is 1. The number of anilines is 1. The lowest BCUT2D eigenvalue weighted by molar-refractivity contribution is 0.102. The van der Waals surface area contributed by atoms with Crippen LogP contribution in [-0.4, -0.2) is 10.9 Å². The third-order valence-electron chi connectivity index (χ3n) is 2.55. The number of hydrogen-bond acceptors (Lipinski definition) is 4. The van der Waals surface area contributed by atoms with E-state index in [1.807, 2.05) is 0 Å². The molecule has 2 aromatic rings. The largest absolute Gasteiger partial charge is 0.320 e. The number of nitrogens with zero attached hydrogens (tertiary/aromatic N) is 3. The maximum absolute atomic E-state index is 13.4. The maximum Gasteiger partial charge on any atom is 0.258 e. The Morgan fingerprint density at radius 3 is 3.00 bits per heavy atom. The van der Waals surface area contributed by atoms with Crippen molar-refractivity contribution >= 4 is 34.3 Å². The van der Waals surface area contributed by atoms with Gasteiger partial charge in [-0.25, -0.2) is 4.39 Å². The number of aromatic nitrogens is 1. The number of carbonyl (C=O) groups is 1. The van der Waals surface area contributed by atoms with E-state index in [0.717, 1.165) is 17.6 Å². The molecule has 0 radical (unpaired) electrons. The highest BCUT2D eigenvalue weighted by molar-refractivity contribution is 7.58. The number of rotatable bonds is 2. The fourth-order valence-electron chi connectivity index (χ4n) is 1.66. The summed E-state index contributed by atoms with van der Waals surface area (Å²) in [6.07, 6.45) is 2.36. The maximum atomic E-state index is 13.4. The molecule has 0 spiro atoms. The molecule has 1 aliphatic rings. The standard InChI is InChI=1S/C12H7FN4OS/c13-8-6-14-5-4-7(8)12(18)15-9-2-1-3-10-11(9)17-19-16-10/h1-6H,(H,15,18). The summed E-state index contributed by atoms with van der Waals surface area (Å²) in [5, 5.41) is 2.63. The van der Waals surface area contributed by atoms with Gasteiger partial charge in [-0.2, -0.15) is 8.73 Å².